The third-order valence-corrected chi connectivity index (χ3v) is 12.5. The van der Waals surface area contributed by atoms with E-state index in [2.05, 4.69) is 0 Å². The van der Waals surface area contributed by atoms with Crippen molar-refractivity contribution in [1.82, 2.24) is 9.80 Å². The van der Waals surface area contributed by atoms with Crippen LogP contribution in [0.25, 0.3) is 0 Å². The summed E-state index contributed by atoms with van der Waals surface area (Å²) in [6.45, 7) is 19.1. The Bertz CT molecular complexity index is 1240. The SMILES string of the molecule is CC[C@H]1OC(=O)[C@H](C)[C@@H](O[C@H]2C[C@@](C)(OC)[C@@H](O)[C@H](C)O2)[C@H](C)[C@@H](O[C@@H]2O[C@H](C)C[C@H](N(C)C(C)=O)[C@H]2O)[C@](C)(O)C[C@@H](C)CN(C)[C@@H](C)[C@@H](O)[C@]1(C)O. The summed E-state index contributed by atoms with van der Waals surface area (Å²) in [7, 11) is 4.92. The number of likely N-dealkylation sites (N-methyl/N-ethyl adjacent to an activating group) is 2. The average Bonchev–Trinajstić information content (AvgIpc) is 3.09. The number of ether oxygens (including phenoxy) is 6. The first-order valence-electron chi connectivity index (χ1n) is 19.6. The van der Waals surface area contributed by atoms with Crippen molar-refractivity contribution in [3.05, 3.63) is 0 Å². The number of amides is 1. The van der Waals surface area contributed by atoms with E-state index in [9.17, 15) is 35.1 Å². The zero-order chi connectivity index (χ0) is 41.2. The maximum atomic E-state index is 14.2. The van der Waals surface area contributed by atoms with Gasteiger partial charge in [0, 0.05) is 46.0 Å². The zero-order valence-electron chi connectivity index (χ0n) is 35.1. The number of hydrogen-bond donors (Lipinski definition) is 5. The molecule has 316 valence electrons. The van der Waals surface area contributed by atoms with Gasteiger partial charge in [-0.25, -0.2) is 0 Å². The summed E-state index contributed by atoms with van der Waals surface area (Å²) in [4.78, 5) is 30.0. The molecule has 5 N–H and O–H groups in total. The van der Waals surface area contributed by atoms with E-state index < -0.39 is 108 Å². The molecule has 3 aliphatic heterocycles. The second kappa shape index (κ2) is 18.4. The van der Waals surface area contributed by atoms with Crippen LogP contribution in [0.5, 0.6) is 0 Å². The number of cyclic esters (lactones) is 1. The number of aliphatic hydroxyl groups is 5. The second-order valence-corrected chi connectivity index (χ2v) is 17.3. The van der Waals surface area contributed by atoms with Gasteiger partial charge in [0.2, 0.25) is 5.91 Å². The van der Waals surface area contributed by atoms with Gasteiger partial charge < -0.3 is 63.8 Å². The Balaban J connectivity index is 2.19. The van der Waals surface area contributed by atoms with Gasteiger partial charge in [-0.1, -0.05) is 20.8 Å². The lowest BCUT2D eigenvalue weighted by atomic mass is 9.77. The normalized spacial score (nSPS) is 48.0. The molecule has 3 fully saturated rings. The van der Waals surface area contributed by atoms with E-state index in [1.54, 1.807) is 55.5 Å². The predicted molar refractivity (Wildman–Crippen MR) is 199 cm³/mol. The van der Waals surface area contributed by atoms with Gasteiger partial charge in [0.25, 0.3) is 0 Å². The van der Waals surface area contributed by atoms with Crippen molar-refractivity contribution in [2.45, 2.75) is 192 Å². The van der Waals surface area contributed by atoms with Gasteiger partial charge in [-0.2, -0.15) is 0 Å². The highest BCUT2D eigenvalue weighted by atomic mass is 16.7. The van der Waals surface area contributed by atoms with E-state index in [4.69, 9.17) is 28.4 Å². The lowest BCUT2D eigenvalue weighted by Gasteiger charge is -2.49. The summed E-state index contributed by atoms with van der Waals surface area (Å²) >= 11 is 0. The highest BCUT2D eigenvalue weighted by Crippen LogP contribution is 2.40. The maximum absolute atomic E-state index is 14.2. The summed E-state index contributed by atoms with van der Waals surface area (Å²) in [6.07, 6.45) is -9.39. The van der Waals surface area contributed by atoms with Gasteiger partial charge in [-0.15, -0.1) is 0 Å². The van der Waals surface area contributed by atoms with Crippen LogP contribution in [0.2, 0.25) is 0 Å². The van der Waals surface area contributed by atoms with Crippen LogP contribution >= 0.6 is 0 Å². The summed E-state index contributed by atoms with van der Waals surface area (Å²) < 4.78 is 37.4. The number of methoxy groups -OCH3 is 1. The Hall–Kier alpha value is -1.50. The zero-order valence-corrected chi connectivity index (χ0v) is 35.1. The van der Waals surface area contributed by atoms with Gasteiger partial charge >= 0.3 is 5.97 Å². The van der Waals surface area contributed by atoms with Crippen LogP contribution in [0, 0.1) is 17.8 Å². The number of hydrogen-bond acceptors (Lipinski definition) is 14. The number of carbonyl (C=O) groups is 2. The number of nitrogens with zero attached hydrogens (tertiary/aromatic N) is 2. The molecule has 18 atom stereocenters. The maximum Gasteiger partial charge on any atom is 0.311 e. The van der Waals surface area contributed by atoms with Crippen molar-refractivity contribution in [1.29, 1.82) is 0 Å². The molecule has 0 radical (unpaired) electrons. The lowest BCUT2D eigenvalue weighted by molar-refractivity contribution is -0.317. The molecule has 0 aliphatic carbocycles. The van der Waals surface area contributed by atoms with Crippen LogP contribution in [0.3, 0.4) is 0 Å². The average molecular weight is 777 g/mol. The molecule has 1 amide bonds. The van der Waals surface area contributed by atoms with Crippen LogP contribution in [0.4, 0.5) is 0 Å². The molecule has 15 heteroatoms. The summed E-state index contributed by atoms with van der Waals surface area (Å²) in [5, 5.41) is 58.3. The van der Waals surface area contributed by atoms with Gasteiger partial charge in [0.15, 0.2) is 12.6 Å². The van der Waals surface area contributed by atoms with Crippen molar-refractivity contribution in [3.8, 4) is 0 Å². The quantitative estimate of drug-likeness (QED) is 0.235. The molecule has 3 aliphatic rings. The number of carbonyl (C=O) groups excluding carboxylic acids is 2. The van der Waals surface area contributed by atoms with Crippen molar-refractivity contribution in [3.63, 3.8) is 0 Å². The van der Waals surface area contributed by atoms with E-state index in [-0.39, 0.29) is 31.1 Å². The van der Waals surface area contributed by atoms with Crippen LogP contribution in [-0.2, 0) is 38.0 Å². The minimum atomic E-state index is -1.83. The highest BCUT2D eigenvalue weighted by molar-refractivity contribution is 5.73. The van der Waals surface area contributed by atoms with Crippen molar-refractivity contribution < 1.29 is 63.5 Å². The van der Waals surface area contributed by atoms with Crippen molar-refractivity contribution >= 4 is 11.9 Å². The minimum Gasteiger partial charge on any atom is -0.459 e. The first kappa shape index (κ1) is 46.9. The molecular formula is C39H72N2O13. The van der Waals surface area contributed by atoms with Crippen molar-refractivity contribution in [2.24, 2.45) is 17.8 Å². The lowest BCUT2D eigenvalue weighted by Crippen LogP contribution is -2.61. The second-order valence-electron chi connectivity index (χ2n) is 17.3. The van der Waals surface area contributed by atoms with Gasteiger partial charge in [-0.3, -0.25) is 9.59 Å². The molecule has 0 saturated carbocycles. The smallest absolute Gasteiger partial charge is 0.311 e. The molecule has 54 heavy (non-hydrogen) atoms. The van der Waals surface area contributed by atoms with E-state index in [1.807, 2.05) is 25.8 Å². The van der Waals surface area contributed by atoms with Crippen LogP contribution in [0.1, 0.15) is 102 Å². The standard InChI is InChI=1S/C39H72N2O13/c1-15-28-39(11,48)32(44)24(6)40(12)19-20(2)17-37(9,47)34(54-36-30(43)27(16-21(3)50-36)41(13)26(8)42)22(4)31(23(5)35(46)52-28)53-29-18-38(10,49-14)33(45)25(7)51-29/h20-25,27-34,36,43-45,47-48H,15-19H2,1-14H3/t20-,21-,22+,23-,24+,25+,27+,28-,29+,30-,31+,32-,33+,34-,36+,37-,38-,39-/m1/s1. The van der Waals surface area contributed by atoms with Crippen LogP contribution in [-0.4, -0.2) is 165 Å². The molecule has 0 aromatic rings. The topological polar surface area (TPSA) is 197 Å². The van der Waals surface area contributed by atoms with Gasteiger partial charge in [0.1, 0.15) is 30.0 Å². The molecule has 3 saturated heterocycles. The Morgan fingerprint density at radius 2 is 1.59 bits per heavy atom. The Kier molecular flexibility index (Phi) is 16.0. The Labute approximate surface area is 322 Å². The predicted octanol–water partition coefficient (Wildman–Crippen LogP) is 1.82. The number of rotatable bonds is 7. The highest BCUT2D eigenvalue weighted by Gasteiger charge is 2.53. The van der Waals surface area contributed by atoms with Crippen LogP contribution in [0.15, 0.2) is 0 Å². The fraction of sp³-hybridized carbons (Fsp3) is 0.949. The summed E-state index contributed by atoms with van der Waals surface area (Å²) in [5.41, 5.74) is -4.51. The Morgan fingerprint density at radius 3 is 2.15 bits per heavy atom. The monoisotopic (exact) mass is 777 g/mol. The molecule has 0 aromatic carbocycles. The molecule has 3 rings (SSSR count). The van der Waals surface area contributed by atoms with Gasteiger partial charge in [0.05, 0.1) is 47.6 Å². The number of aliphatic hydroxyl groups excluding tert-OH is 3. The molecular weight excluding hydrogens is 704 g/mol. The molecule has 0 bridgehead atoms. The minimum absolute atomic E-state index is 0.0999. The summed E-state index contributed by atoms with van der Waals surface area (Å²) in [5.74, 6) is -3.03. The van der Waals surface area contributed by atoms with Crippen molar-refractivity contribution in [2.75, 3.05) is 27.7 Å². The van der Waals surface area contributed by atoms with Gasteiger partial charge in [-0.05, 0) is 80.7 Å². The fourth-order valence-electron chi connectivity index (χ4n) is 8.84. The van der Waals surface area contributed by atoms with E-state index in [0.29, 0.717) is 13.0 Å². The van der Waals surface area contributed by atoms with E-state index in [0.717, 1.165) is 0 Å². The molecule has 15 nitrogen and oxygen atoms in total. The number of esters is 1. The van der Waals surface area contributed by atoms with Crippen LogP contribution < -0.4 is 0 Å². The summed E-state index contributed by atoms with van der Waals surface area (Å²) in [6, 6.07) is -1.20. The molecule has 3 heterocycles. The largest absolute Gasteiger partial charge is 0.459 e. The third kappa shape index (κ3) is 10.3. The molecule has 0 aromatic heterocycles. The van der Waals surface area contributed by atoms with E-state index in [1.165, 1.54) is 25.9 Å². The Morgan fingerprint density at radius 1 is 0.981 bits per heavy atom. The first-order chi connectivity index (χ1) is 24.8. The first-order valence-corrected chi connectivity index (χ1v) is 19.6. The fourth-order valence-corrected chi connectivity index (χ4v) is 8.84. The third-order valence-electron chi connectivity index (χ3n) is 12.5. The molecule has 0 unspecified atom stereocenters. The van der Waals surface area contributed by atoms with E-state index >= 15 is 0 Å². The molecule has 0 spiro atoms.